The van der Waals surface area contributed by atoms with Crippen molar-refractivity contribution in [3.63, 3.8) is 0 Å². The lowest BCUT2D eigenvalue weighted by Crippen LogP contribution is -2.56. The molecule has 1 rings (SSSR count). The van der Waals surface area contributed by atoms with Gasteiger partial charge in [-0.3, -0.25) is 4.90 Å². The van der Waals surface area contributed by atoms with Crippen LogP contribution in [0.4, 0.5) is 0 Å². The number of likely N-dealkylation sites (tertiary alicyclic amines) is 1. The fraction of sp³-hybridized carbons (Fsp3) is 0.917. The maximum atomic E-state index is 9.27. The van der Waals surface area contributed by atoms with Crippen LogP contribution in [0.5, 0.6) is 0 Å². The van der Waals surface area contributed by atoms with E-state index in [0.29, 0.717) is 6.04 Å². The molecule has 1 aliphatic rings. The second-order valence-electron chi connectivity index (χ2n) is 5.37. The molecule has 0 radical (unpaired) electrons. The van der Waals surface area contributed by atoms with Gasteiger partial charge in [-0.2, -0.15) is 5.26 Å². The Hall–Kier alpha value is -0.590. The number of nitriles is 1. The number of ether oxygens (including phenoxy) is 1. The summed E-state index contributed by atoms with van der Waals surface area (Å²) >= 11 is 0. The van der Waals surface area contributed by atoms with E-state index in [-0.39, 0.29) is 17.6 Å². The van der Waals surface area contributed by atoms with E-state index in [4.69, 9.17) is 4.74 Å². The van der Waals surface area contributed by atoms with Crippen LogP contribution < -0.4 is 0 Å². The molecular weight excluding hydrogens is 188 g/mol. The first kappa shape index (κ1) is 12.5. The minimum absolute atomic E-state index is 0.00361. The minimum Gasteiger partial charge on any atom is -0.380 e. The van der Waals surface area contributed by atoms with Crippen LogP contribution in [-0.2, 0) is 4.74 Å². The van der Waals surface area contributed by atoms with Crippen LogP contribution >= 0.6 is 0 Å². The largest absolute Gasteiger partial charge is 0.380 e. The van der Waals surface area contributed by atoms with Crippen molar-refractivity contribution in [3.05, 3.63) is 0 Å². The molecule has 0 spiro atoms. The molecule has 0 aromatic heterocycles. The van der Waals surface area contributed by atoms with Gasteiger partial charge in [-0.1, -0.05) is 13.8 Å². The molecule has 0 N–H and O–H groups in total. The molecule has 0 aromatic rings. The van der Waals surface area contributed by atoms with E-state index in [1.54, 1.807) is 7.11 Å². The maximum absolute atomic E-state index is 9.27. The smallest absolute Gasteiger partial charge is 0.103 e. The quantitative estimate of drug-likeness (QED) is 0.699. The van der Waals surface area contributed by atoms with Crippen molar-refractivity contribution in [2.45, 2.75) is 52.3 Å². The Balaban J connectivity index is 2.89. The zero-order valence-electron chi connectivity index (χ0n) is 10.4. The summed E-state index contributed by atoms with van der Waals surface area (Å²) in [5.41, 5.74) is 0.0119. The summed E-state index contributed by atoms with van der Waals surface area (Å²) in [6, 6.07) is 2.84. The van der Waals surface area contributed by atoms with Crippen molar-refractivity contribution in [1.29, 1.82) is 5.26 Å². The predicted molar refractivity (Wildman–Crippen MR) is 60.4 cm³/mol. The first-order valence-electron chi connectivity index (χ1n) is 5.60. The summed E-state index contributed by atoms with van der Waals surface area (Å²) in [5, 5.41) is 9.27. The summed E-state index contributed by atoms with van der Waals surface area (Å²) in [6.07, 6.45) is 1.22. The molecule has 1 saturated heterocycles. The van der Waals surface area contributed by atoms with Gasteiger partial charge in [-0.15, -0.1) is 0 Å². The topological polar surface area (TPSA) is 36.3 Å². The molecule has 1 fully saturated rings. The van der Waals surface area contributed by atoms with E-state index in [1.165, 1.54) is 0 Å². The molecule has 3 nitrogen and oxygen atoms in total. The van der Waals surface area contributed by atoms with Crippen LogP contribution in [0.2, 0.25) is 0 Å². The summed E-state index contributed by atoms with van der Waals surface area (Å²) < 4.78 is 5.45. The number of rotatable bonds is 2. The number of hydrogen-bond donors (Lipinski definition) is 0. The van der Waals surface area contributed by atoms with E-state index < -0.39 is 0 Å². The summed E-state index contributed by atoms with van der Waals surface area (Å²) in [6.45, 7) is 9.45. The standard InChI is InChI=1S/C12H22N2O/c1-9(2)14-8-10(15-5)6-12(3,4)11(14)7-13/h9-11H,6,8H2,1-5H3. The van der Waals surface area contributed by atoms with E-state index in [0.717, 1.165) is 13.0 Å². The van der Waals surface area contributed by atoms with Crippen molar-refractivity contribution in [1.82, 2.24) is 4.90 Å². The molecule has 0 aromatic carbocycles. The first-order chi connectivity index (χ1) is 6.92. The third-order valence-electron chi connectivity index (χ3n) is 3.36. The van der Waals surface area contributed by atoms with Gasteiger partial charge in [0.1, 0.15) is 6.04 Å². The lowest BCUT2D eigenvalue weighted by atomic mass is 9.75. The highest BCUT2D eigenvalue weighted by atomic mass is 16.5. The van der Waals surface area contributed by atoms with Crippen LogP contribution in [0, 0.1) is 16.7 Å². The highest BCUT2D eigenvalue weighted by Crippen LogP contribution is 2.36. The van der Waals surface area contributed by atoms with Crippen LogP contribution in [-0.4, -0.2) is 36.7 Å². The average molecular weight is 210 g/mol. The fourth-order valence-electron chi connectivity index (χ4n) is 2.47. The molecule has 1 heterocycles. The zero-order valence-corrected chi connectivity index (χ0v) is 10.4. The summed E-state index contributed by atoms with van der Waals surface area (Å²) in [7, 11) is 1.76. The Morgan fingerprint density at radius 3 is 2.47 bits per heavy atom. The number of nitrogens with zero attached hydrogens (tertiary/aromatic N) is 2. The second kappa shape index (κ2) is 4.51. The molecule has 3 heteroatoms. The summed E-state index contributed by atoms with van der Waals surface area (Å²) in [4.78, 5) is 2.25. The van der Waals surface area contributed by atoms with Crippen LogP contribution in [0.1, 0.15) is 34.1 Å². The molecule has 2 unspecified atom stereocenters. The van der Waals surface area contributed by atoms with Gasteiger partial charge in [-0.25, -0.2) is 0 Å². The van der Waals surface area contributed by atoms with Crippen LogP contribution in [0.3, 0.4) is 0 Å². The monoisotopic (exact) mass is 210 g/mol. The third kappa shape index (κ3) is 2.50. The molecule has 0 aliphatic carbocycles. The van der Waals surface area contributed by atoms with Crippen molar-refractivity contribution >= 4 is 0 Å². The normalized spacial score (nSPS) is 31.5. The Kier molecular flexibility index (Phi) is 3.75. The third-order valence-corrected chi connectivity index (χ3v) is 3.36. The maximum Gasteiger partial charge on any atom is 0.103 e. The Morgan fingerprint density at radius 2 is 2.07 bits per heavy atom. The molecular formula is C12H22N2O. The number of hydrogen-bond acceptors (Lipinski definition) is 3. The van der Waals surface area contributed by atoms with Gasteiger partial charge in [0.15, 0.2) is 0 Å². The molecule has 0 saturated carbocycles. The molecule has 0 amide bonds. The van der Waals surface area contributed by atoms with Gasteiger partial charge in [0.2, 0.25) is 0 Å². The minimum atomic E-state index is 0.00361. The van der Waals surface area contributed by atoms with Crippen LogP contribution in [0.15, 0.2) is 0 Å². The summed E-state index contributed by atoms with van der Waals surface area (Å²) in [5.74, 6) is 0. The Bertz CT molecular complexity index is 255. The number of piperidine rings is 1. The molecule has 1 aliphatic heterocycles. The van der Waals surface area contributed by atoms with Gasteiger partial charge >= 0.3 is 0 Å². The van der Waals surface area contributed by atoms with Gasteiger partial charge in [0.25, 0.3) is 0 Å². The lowest BCUT2D eigenvalue weighted by molar-refractivity contribution is -0.0522. The lowest BCUT2D eigenvalue weighted by Gasteiger charge is -2.47. The first-order valence-corrected chi connectivity index (χ1v) is 5.60. The highest BCUT2D eigenvalue weighted by Gasteiger charge is 2.42. The fourth-order valence-corrected chi connectivity index (χ4v) is 2.47. The van der Waals surface area contributed by atoms with E-state index >= 15 is 0 Å². The van der Waals surface area contributed by atoms with Crippen molar-refractivity contribution < 1.29 is 4.74 Å². The molecule has 15 heavy (non-hydrogen) atoms. The van der Waals surface area contributed by atoms with Crippen molar-refractivity contribution in [3.8, 4) is 6.07 Å². The zero-order chi connectivity index (χ0) is 11.6. The highest BCUT2D eigenvalue weighted by molar-refractivity contribution is 5.06. The van der Waals surface area contributed by atoms with E-state index in [9.17, 15) is 5.26 Å². The number of methoxy groups -OCH3 is 1. The predicted octanol–water partition coefficient (Wildman–Crippen LogP) is 2.03. The van der Waals surface area contributed by atoms with Crippen molar-refractivity contribution in [2.24, 2.45) is 5.41 Å². The Morgan fingerprint density at radius 1 is 1.47 bits per heavy atom. The molecule has 86 valence electrons. The van der Waals surface area contributed by atoms with Gasteiger partial charge in [0.05, 0.1) is 12.2 Å². The molecule has 0 bridgehead atoms. The molecule has 2 atom stereocenters. The Labute approximate surface area is 93.0 Å². The van der Waals surface area contributed by atoms with Gasteiger partial charge in [0, 0.05) is 19.7 Å². The van der Waals surface area contributed by atoms with E-state index in [2.05, 4.69) is 38.7 Å². The second-order valence-corrected chi connectivity index (χ2v) is 5.37. The van der Waals surface area contributed by atoms with Crippen LogP contribution in [0.25, 0.3) is 0 Å². The van der Waals surface area contributed by atoms with Crippen molar-refractivity contribution in [2.75, 3.05) is 13.7 Å². The SMILES string of the molecule is COC1CN(C(C)C)C(C#N)C(C)(C)C1. The van der Waals surface area contributed by atoms with E-state index in [1.807, 2.05) is 0 Å². The van der Waals surface area contributed by atoms with Gasteiger partial charge < -0.3 is 4.74 Å². The average Bonchev–Trinajstić information content (AvgIpc) is 2.14. The van der Waals surface area contributed by atoms with Gasteiger partial charge in [-0.05, 0) is 25.7 Å².